The van der Waals surface area contributed by atoms with E-state index in [2.05, 4.69) is 17.6 Å². The lowest BCUT2D eigenvalue weighted by molar-refractivity contribution is -0.172. The van der Waals surface area contributed by atoms with E-state index in [9.17, 15) is 9.90 Å². The number of aliphatic hydroxyl groups excluding tert-OH is 1. The molecule has 4 fully saturated rings. The van der Waals surface area contributed by atoms with E-state index in [0.717, 1.165) is 32.3 Å². The number of aliphatic hydroxyl groups is 1. The molecule has 124 valence electrons. The first kappa shape index (κ1) is 14.8. The molecule has 3 aliphatic carbocycles. The number of urea groups is 1. The van der Waals surface area contributed by atoms with Gasteiger partial charge in [-0.05, 0) is 32.1 Å². The molecule has 3 N–H and O–H groups in total. The van der Waals surface area contributed by atoms with Crippen molar-refractivity contribution in [2.24, 2.45) is 16.7 Å². The fraction of sp³-hybridized carbons (Fsp3) is 0.941. The van der Waals surface area contributed by atoms with Gasteiger partial charge in [-0.2, -0.15) is 0 Å². The highest BCUT2D eigenvalue weighted by molar-refractivity contribution is 5.75. The van der Waals surface area contributed by atoms with Crippen molar-refractivity contribution < 1.29 is 14.6 Å². The highest BCUT2D eigenvalue weighted by atomic mass is 16.5. The quantitative estimate of drug-likeness (QED) is 0.744. The number of rotatable bonds is 3. The Kier molecular flexibility index (Phi) is 3.42. The highest BCUT2D eigenvalue weighted by Gasteiger charge is 2.67. The van der Waals surface area contributed by atoms with Crippen LogP contribution < -0.4 is 10.6 Å². The molecule has 5 atom stereocenters. The molecule has 0 bridgehead atoms. The maximum atomic E-state index is 12.5. The van der Waals surface area contributed by atoms with Crippen molar-refractivity contribution >= 4 is 6.03 Å². The lowest BCUT2D eigenvalue weighted by atomic mass is 9.46. The molecule has 0 aromatic rings. The van der Waals surface area contributed by atoms with Crippen LogP contribution in [0.3, 0.4) is 0 Å². The minimum atomic E-state index is -0.163. The van der Waals surface area contributed by atoms with E-state index in [1.807, 2.05) is 0 Å². The van der Waals surface area contributed by atoms with Crippen molar-refractivity contribution in [2.75, 3.05) is 13.2 Å². The minimum absolute atomic E-state index is 0.0480. The summed E-state index contributed by atoms with van der Waals surface area (Å²) < 4.78 is 5.90. The van der Waals surface area contributed by atoms with Gasteiger partial charge in [0, 0.05) is 35.4 Å². The first-order valence-electron chi connectivity index (χ1n) is 8.89. The van der Waals surface area contributed by atoms with E-state index in [4.69, 9.17) is 4.74 Å². The van der Waals surface area contributed by atoms with Gasteiger partial charge in [0.05, 0.1) is 12.7 Å². The van der Waals surface area contributed by atoms with E-state index in [1.165, 1.54) is 19.3 Å². The number of fused-ring (bicyclic) bond motifs is 2. The minimum Gasteiger partial charge on any atom is -0.396 e. The van der Waals surface area contributed by atoms with Gasteiger partial charge >= 0.3 is 6.03 Å². The van der Waals surface area contributed by atoms with Gasteiger partial charge in [0.25, 0.3) is 0 Å². The smallest absolute Gasteiger partial charge is 0.315 e. The fourth-order valence-electron chi connectivity index (χ4n) is 5.47. The predicted molar refractivity (Wildman–Crippen MR) is 82.4 cm³/mol. The monoisotopic (exact) mass is 308 g/mol. The van der Waals surface area contributed by atoms with Crippen LogP contribution in [0, 0.1) is 16.7 Å². The number of carbonyl (C=O) groups excluding carboxylic acids is 1. The van der Waals surface area contributed by atoms with Crippen molar-refractivity contribution in [1.82, 2.24) is 10.6 Å². The Labute approximate surface area is 132 Å². The summed E-state index contributed by atoms with van der Waals surface area (Å²) in [5, 5.41) is 16.0. The summed E-state index contributed by atoms with van der Waals surface area (Å²) in [4.78, 5) is 12.5. The van der Waals surface area contributed by atoms with Crippen LogP contribution in [0.2, 0.25) is 0 Å². The molecule has 5 unspecified atom stereocenters. The van der Waals surface area contributed by atoms with Gasteiger partial charge in [0.15, 0.2) is 0 Å². The van der Waals surface area contributed by atoms with Crippen LogP contribution >= 0.6 is 0 Å². The number of carbonyl (C=O) groups is 1. The molecule has 5 nitrogen and oxygen atoms in total. The standard InChI is InChI=1S/C17H28N2O3/c1-16(10-20)6-2-4-12(16)18-15(21)19-13-11-5-9-22-14(11)17(13)7-3-8-17/h11-14,20H,2-10H2,1H3,(H2,18,19,21). The van der Waals surface area contributed by atoms with E-state index >= 15 is 0 Å². The number of hydrogen-bond donors (Lipinski definition) is 3. The molecular weight excluding hydrogens is 280 g/mol. The van der Waals surface area contributed by atoms with Crippen LogP contribution in [0.25, 0.3) is 0 Å². The van der Waals surface area contributed by atoms with E-state index < -0.39 is 0 Å². The Hall–Kier alpha value is -0.810. The average molecular weight is 308 g/mol. The van der Waals surface area contributed by atoms with E-state index in [1.54, 1.807) is 0 Å². The largest absolute Gasteiger partial charge is 0.396 e. The molecule has 1 heterocycles. The van der Waals surface area contributed by atoms with Crippen LogP contribution in [0.15, 0.2) is 0 Å². The van der Waals surface area contributed by atoms with Crippen LogP contribution in [0.5, 0.6) is 0 Å². The summed E-state index contributed by atoms with van der Waals surface area (Å²) in [6.07, 6.45) is 8.14. The molecule has 0 aromatic heterocycles. The maximum Gasteiger partial charge on any atom is 0.315 e. The number of ether oxygens (including phenoxy) is 1. The van der Waals surface area contributed by atoms with E-state index in [-0.39, 0.29) is 35.6 Å². The molecule has 0 aromatic carbocycles. The molecule has 5 heteroatoms. The summed E-state index contributed by atoms with van der Waals surface area (Å²) in [6.45, 7) is 3.06. The van der Waals surface area contributed by atoms with Crippen molar-refractivity contribution in [3.05, 3.63) is 0 Å². The van der Waals surface area contributed by atoms with Gasteiger partial charge in [-0.1, -0.05) is 19.8 Å². The number of nitrogens with one attached hydrogen (secondary N) is 2. The Morgan fingerprint density at radius 3 is 2.73 bits per heavy atom. The van der Waals surface area contributed by atoms with Crippen LogP contribution in [-0.2, 0) is 4.74 Å². The molecule has 2 amide bonds. The lowest BCUT2D eigenvalue weighted by Crippen LogP contribution is -2.72. The molecule has 4 aliphatic rings. The van der Waals surface area contributed by atoms with Gasteiger partial charge in [0.2, 0.25) is 0 Å². The summed E-state index contributed by atoms with van der Waals surface area (Å²) in [5.41, 5.74) is 0.0680. The molecule has 3 saturated carbocycles. The third-order valence-electron chi connectivity index (χ3n) is 7.07. The fourth-order valence-corrected chi connectivity index (χ4v) is 5.47. The molecule has 22 heavy (non-hydrogen) atoms. The highest BCUT2D eigenvalue weighted by Crippen LogP contribution is 2.62. The van der Waals surface area contributed by atoms with Gasteiger partial charge < -0.3 is 20.5 Å². The normalized spacial score (nSPS) is 45.0. The Morgan fingerprint density at radius 2 is 2.05 bits per heavy atom. The zero-order chi connectivity index (χ0) is 15.4. The predicted octanol–water partition coefficient (Wildman–Crippen LogP) is 1.79. The van der Waals surface area contributed by atoms with Gasteiger partial charge in [-0.3, -0.25) is 0 Å². The second-order valence-corrected chi connectivity index (χ2v) is 8.18. The zero-order valence-corrected chi connectivity index (χ0v) is 13.4. The molecule has 4 rings (SSSR count). The van der Waals surface area contributed by atoms with Crippen molar-refractivity contribution in [3.63, 3.8) is 0 Å². The van der Waals surface area contributed by atoms with Crippen molar-refractivity contribution in [2.45, 2.75) is 70.1 Å². The van der Waals surface area contributed by atoms with Crippen LogP contribution in [-0.4, -0.2) is 42.5 Å². The first-order chi connectivity index (χ1) is 10.6. The third kappa shape index (κ3) is 1.94. The summed E-state index contributed by atoms with van der Waals surface area (Å²) in [7, 11) is 0. The summed E-state index contributed by atoms with van der Waals surface area (Å²) in [5.74, 6) is 0.513. The van der Waals surface area contributed by atoms with Crippen LogP contribution in [0.1, 0.15) is 51.9 Å². The van der Waals surface area contributed by atoms with Gasteiger partial charge in [0.1, 0.15) is 0 Å². The molecular formula is C17H28N2O3. The summed E-state index contributed by atoms with van der Waals surface area (Å²) in [6, 6.07) is 0.328. The van der Waals surface area contributed by atoms with Crippen molar-refractivity contribution in [3.8, 4) is 0 Å². The SMILES string of the molecule is CC1(CO)CCCC1NC(=O)NC1C2CCOC2C12CCC2. The second kappa shape index (κ2) is 5.10. The zero-order valence-electron chi connectivity index (χ0n) is 13.4. The van der Waals surface area contributed by atoms with Gasteiger partial charge in [-0.15, -0.1) is 0 Å². The average Bonchev–Trinajstić information content (AvgIpc) is 3.01. The molecule has 1 aliphatic heterocycles. The van der Waals surface area contributed by atoms with Crippen LogP contribution in [0.4, 0.5) is 4.79 Å². The second-order valence-electron chi connectivity index (χ2n) is 8.18. The number of amides is 2. The Bertz CT molecular complexity index is 465. The molecule has 0 radical (unpaired) electrons. The molecule has 1 spiro atoms. The third-order valence-corrected chi connectivity index (χ3v) is 7.07. The number of hydrogen-bond acceptors (Lipinski definition) is 3. The Morgan fingerprint density at radius 1 is 1.23 bits per heavy atom. The lowest BCUT2D eigenvalue weighted by Gasteiger charge is -2.63. The summed E-state index contributed by atoms with van der Waals surface area (Å²) >= 11 is 0. The van der Waals surface area contributed by atoms with Crippen molar-refractivity contribution in [1.29, 1.82) is 0 Å². The Balaban J connectivity index is 1.38. The first-order valence-corrected chi connectivity index (χ1v) is 8.89. The van der Waals surface area contributed by atoms with E-state index in [0.29, 0.717) is 12.0 Å². The van der Waals surface area contributed by atoms with Gasteiger partial charge in [-0.25, -0.2) is 4.79 Å². The topological polar surface area (TPSA) is 70.6 Å². The molecule has 1 saturated heterocycles. The maximum absolute atomic E-state index is 12.5.